The third kappa shape index (κ3) is 7.60. The van der Waals surface area contributed by atoms with Crippen molar-refractivity contribution in [3.63, 3.8) is 0 Å². The minimum Gasteiger partial charge on any atom is -0.265 e. The SMILES string of the molecule is Fc1c[c-]c(-c2ccccn2)c(F)c1.[Cl][Ir+2].[c-]1c(-n2ccc(-c3ccccc3)n2)cccc1-n1ccc(-c2ccccc2)n1. The van der Waals surface area contributed by atoms with Crippen LogP contribution >= 0.6 is 9.58 Å². The Balaban J connectivity index is 0.000000202. The number of benzene rings is 4. The van der Waals surface area contributed by atoms with Crippen molar-refractivity contribution in [3.05, 3.63) is 164 Å². The van der Waals surface area contributed by atoms with E-state index in [1.165, 1.54) is 17.9 Å². The van der Waals surface area contributed by atoms with Crippen LogP contribution in [0.2, 0.25) is 0 Å². The first kappa shape index (κ1) is 30.7. The molecule has 9 heteroatoms. The van der Waals surface area contributed by atoms with Gasteiger partial charge in [0, 0.05) is 41.4 Å². The quantitative estimate of drug-likeness (QED) is 0.165. The first-order chi connectivity index (χ1) is 21.6. The number of hydrogen-bond acceptors (Lipinski definition) is 3. The third-order valence-corrected chi connectivity index (χ3v) is 6.35. The Hall–Kier alpha value is -4.75. The molecule has 0 fully saturated rings. The zero-order valence-corrected chi connectivity index (χ0v) is 26.1. The van der Waals surface area contributed by atoms with Crippen LogP contribution in [0.25, 0.3) is 45.1 Å². The van der Waals surface area contributed by atoms with Gasteiger partial charge in [0.2, 0.25) is 0 Å². The van der Waals surface area contributed by atoms with Crippen LogP contribution in [0.1, 0.15) is 0 Å². The molecule has 0 aliphatic heterocycles. The smallest absolute Gasteiger partial charge is 0.0926 e. The number of hydrogen-bond donors (Lipinski definition) is 0. The monoisotopic (exact) mass is 779 g/mol. The summed E-state index contributed by atoms with van der Waals surface area (Å²) in [6, 6.07) is 43.2. The molecule has 4 aromatic carbocycles. The van der Waals surface area contributed by atoms with E-state index in [0.29, 0.717) is 5.69 Å². The molecule has 0 unspecified atom stereocenters. The largest absolute Gasteiger partial charge is 0.265 e. The maximum atomic E-state index is 13.2. The van der Waals surface area contributed by atoms with Gasteiger partial charge in [0.05, 0.1) is 11.4 Å². The molecule has 0 amide bonds. The van der Waals surface area contributed by atoms with Gasteiger partial charge in [-0.2, -0.15) is 16.3 Å². The molecule has 0 radical (unpaired) electrons. The summed E-state index contributed by atoms with van der Waals surface area (Å²) in [7, 11) is 4.64. The van der Waals surface area contributed by atoms with E-state index in [1.54, 1.807) is 24.4 Å². The van der Waals surface area contributed by atoms with E-state index >= 15 is 0 Å². The van der Waals surface area contributed by atoms with Crippen LogP contribution in [0, 0.1) is 23.8 Å². The minimum atomic E-state index is -0.649. The molecule has 7 rings (SSSR count). The van der Waals surface area contributed by atoms with Crippen molar-refractivity contribution < 1.29 is 26.7 Å². The summed E-state index contributed by atoms with van der Waals surface area (Å²) in [5, 5.41) is 9.39. The first-order valence-corrected chi connectivity index (χ1v) is 16.3. The second-order valence-corrected chi connectivity index (χ2v) is 9.20. The summed E-state index contributed by atoms with van der Waals surface area (Å²) in [5.41, 5.74) is 6.44. The van der Waals surface area contributed by atoms with Crippen LogP contribution in [0.3, 0.4) is 0 Å². The molecule has 0 N–H and O–H groups in total. The molecule has 5 nitrogen and oxygen atoms in total. The van der Waals surface area contributed by atoms with Crippen LogP contribution in [0.15, 0.2) is 140 Å². The number of halogens is 3. The Kier molecular flexibility index (Phi) is 10.5. The average molecular weight is 779 g/mol. The van der Waals surface area contributed by atoms with E-state index in [2.05, 4.69) is 51.0 Å². The zero-order chi connectivity index (χ0) is 30.7. The Bertz CT molecular complexity index is 1820. The molecule has 7 aromatic rings. The number of aromatic nitrogens is 5. The summed E-state index contributed by atoms with van der Waals surface area (Å²) < 4.78 is 29.5. The van der Waals surface area contributed by atoms with E-state index in [1.807, 2.05) is 88.5 Å². The average Bonchev–Trinajstić information content (AvgIpc) is 3.79. The van der Waals surface area contributed by atoms with Crippen LogP contribution < -0.4 is 0 Å². The standard InChI is InChI=1S/C24H17N4.C11H6F2N.ClH.Ir/c1-3-8-19(9-4-1)23-14-16-27(25-23)21-12-7-13-22(18-21)28-17-15-24(26-28)20-10-5-2-6-11-20;12-8-4-5-9(10(13)7-8)11-3-1-2-6-14-11;;/h1-17H;1-4,6-7H;1H;/q2*-1;;+3/p-1. The fourth-order valence-corrected chi connectivity index (χ4v) is 4.31. The van der Waals surface area contributed by atoms with E-state index in [4.69, 9.17) is 10.2 Å². The molecule has 0 atom stereocenters. The van der Waals surface area contributed by atoms with Crippen molar-refractivity contribution >= 4 is 9.58 Å². The van der Waals surface area contributed by atoms with Crippen LogP contribution in [-0.4, -0.2) is 24.5 Å². The van der Waals surface area contributed by atoms with Gasteiger partial charge >= 0.3 is 27.5 Å². The maximum absolute atomic E-state index is 13.2. The first-order valence-electron chi connectivity index (χ1n) is 13.3. The van der Waals surface area contributed by atoms with E-state index in [0.717, 1.165) is 46.0 Å². The van der Waals surface area contributed by atoms with Gasteiger partial charge in [0.15, 0.2) is 0 Å². The molecular formula is C35H23ClF2IrN5. The molecule has 0 saturated heterocycles. The van der Waals surface area contributed by atoms with Crippen molar-refractivity contribution in [1.29, 1.82) is 0 Å². The van der Waals surface area contributed by atoms with Gasteiger partial charge in [0.1, 0.15) is 0 Å². The Morgan fingerprint density at radius 2 is 1.16 bits per heavy atom. The summed E-state index contributed by atoms with van der Waals surface area (Å²) in [6.07, 6.45) is 5.46. The topological polar surface area (TPSA) is 48.5 Å². The Morgan fingerprint density at radius 3 is 1.66 bits per heavy atom. The van der Waals surface area contributed by atoms with Gasteiger partial charge in [-0.25, -0.2) is 0 Å². The summed E-state index contributed by atoms with van der Waals surface area (Å²) >= 11 is 1.47. The van der Waals surface area contributed by atoms with Gasteiger partial charge in [-0.1, -0.05) is 84.4 Å². The Labute approximate surface area is 268 Å². The van der Waals surface area contributed by atoms with Gasteiger partial charge in [-0.3, -0.25) is 18.1 Å². The van der Waals surface area contributed by atoms with Crippen LogP contribution in [0.5, 0.6) is 0 Å². The van der Waals surface area contributed by atoms with Gasteiger partial charge in [-0.05, 0) is 35.3 Å². The summed E-state index contributed by atoms with van der Waals surface area (Å²) in [6.45, 7) is 0. The molecule has 0 bridgehead atoms. The second kappa shape index (κ2) is 15.1. The summed E-state index contributed by atoms with van der Waals surface area (Å²) in [4.78, 5) is 3.95. The van der Waals surface area contributed by atoms with Gasteiger partial charge in [0.25, 0.3) is 0 Å². The predicted molar refractivity (Wildman–Crippen MR) is 165 cm³/mol. The normalized spacial score (nSPS) is 10.3. The maximum Gasteiger partial charge on any atom is 0.0926 e. The fraction of sp³-hybridized carbons (Fsp3) is 0. The Morgan fingerprint density at radius 1 is 0.614 bits per heavy atom. The second-order valence-electron chi connectivity index (χ2n) is 9.20. The number of nitrogens with zero attached hydrogens (tertiary/aromatic N) is 5. The van der Waals surface area contributed by atoms with Crippen molar-refractivity contribution in [2.45, 2.75) is 0 Å². The molecule has 0 spiro atoms. The van der Waals surface area contributed by atoms with Crippen molar-refractivity contribution in [3.8, 4) is 45.1 Å². The van der Waals surface area contributed by atoms with Crippen molar-refractivity contribution in [1.82, 2.24) is 24.5 Å². The zero-order valence-electron chi connectivity index (χ0n) is 23.0. The predicted octanol–water partition coefficient (Wildman–Crippen LogP) is 8.71. The minimum absolute atomic E-state index is 0.187. The van der Waals surface area contributed by atoms with E-state index in [9.17, 15) is 8.78 Å². The van der Waals surface area contributed by atoms with Crippen LogP contribution in [-0.2, 0) is 17.9 Å². The van der Waals surface area contributed by atoms with Crippen LogP contribution in [0.4, 0.5) is 8.78 Å². The third-order valence-electron chi connectivity index (χ3n) is 6.35. The summed E-state index contributed by atoms with van der Waals surface area (Å²) in [5.74, 6) is -1.29. The van der Waals surface area contributed by atoms with Gasteiger partial charge < -0.3 is 4.98 Å². The van der Waals surface area contributed by atoms with Gasteiger partial charge in [-0.15, -0.1) is 30.3 Å². The molecule has 0 aliphatic carbocycles. The molecule has 44 heavy (non-hydrogen) atoms. The van der Waals surface area contributed by atoms with Crippen molar-refractivity contribution in [2.24, 2.45) is 0 Å². The number of pyridine rings is 1. The molecular weight excluding hydrogens is 756 g/mol. The molecule has 218 valence electrons. The molecule has 3 heterocycles. The molecule has 0 saturated carbocycles. The molecule has 0 aliphatic rings. The van der Waals surface area contributed by atoms with E-state index < -0.39 is 11.6 Å². The number of rotatable bonds is 5. The fourth-order valence-electron chi connectivity index (χ4n) is 4.31. The van der Waals surface area contributed by atoms with Crippen molar-refractivity contribution in [2.75, 3.05) is 0 Å². The molecule has 3 aromatic heterocycles. The van der Waals surface area contributed by atoms with E-state index in [-0.39, 0.29) is 5.56 Å².